The number of nitrogens with one attached hydrogen (secondary N) is 1. The van der Waals surface area contributed by atoms with Crippen LogP contribution in [0, 0.1) is 11.3 Å². The molecule has 3 unspecified atom stereocenters. The second-order valence-electron chi connectivity index (χ2n) is 8.17. The van der Waals surface area contributed by atoms with Crippen LogP contribution in [0.3, 0.4) is 0 Å². The molecule has 1 aliphatic carbocycles. The fraction of sp³-hybridized carbons (Fsp3) is 1.00. The van der Waals surface area contributed by atoms with Gasteiger partial charge in [-0.05, 0) is 62.8 Å². The Bertz CT molecular complexity index is 296. The maximum atomic E-state index is 6.32. The molecule has 3 atom stereocenters. The lowest BCUT2D eigenvalue weighted by molar-refractivity contribution is -0.0982. The Morgan fingerprint density at radius 2 is 1.95 bits per heavy atom. The Morgan fingerprint density at radius 1 is 1.15 bits per heavy atom. The van der Waals surface area contributed by atoms with E-state index in [2.05, 4.69) is 33.0 Å². The highest BCUT2D eigenvalue weighted by Crippen LogP contribution is 2.44. The molecular formula is C18H35NO. The average Bonchev–Trinajstić information content (AvgIpc) is 2.59. The van der Waals surface area contributed by atoms with Gasteiger partial charge < -0.3 is 10.1 Å². The number of rotatable bonds is 3. The van der Waals surface area contributed by atoms with Crippen molar-refractivity contribution in [2.45, 2.75) is 90.7 Å². The van der Waals surface area contributed by atoms with E-state index >= 15 is 0 Å². The van der Waals surface area contributed by atoms with E-state index in [1.165, 1.54) is 51.4 Å². The van der Waals surface area contributed by atoms with E-state index in [-0.39, 0.29) is 5.60 Å². The summed E-state index contributed by atoms with van der Waals surface area (Å²) >= 11 is 0. The zero-order chi connectivity index (χ0) is 14.6. The van der Waals surface area contributed by atoms with Gasteiger partial charge in [-0.3, -0.25) is 0 Å². The van der Waals surface area contributed by atoms with E-state index in [0.717, 1.165) is 19.1 Å². The molecule has 1 saturated heterocycles. The minimum absolute atomic E-state index is 0.198. The zero-order valence-corrected chi connectivity index (χ0v) is 14.1. The second kappa shape index (κ2) is 6.79. The highest BCUT2D eigenvalue weighted by atomic mass is 16.5. The van der Waals surface area contributed by atoms with E-state index in [1.54, 1.807) is 0 Å². The molecule has 1 N–H and O–H groups in total. The molecule has 2 fully saturated rings. The van der Waals surface area contributed by atoms with Gasteiger partial charge >= 0.3 is 0 Å². The van der Waals surface area contributed by atoms with Crippen molar-refractivity contribution in [2.24, 2.45) is 11.3 Å². The molecule has 2 rings (SSSR count). The van der Waals surface area contributed by atoms with Crippen LogP contribution in [0.5, 0.6) is 0 Å². The third-order valence-corrected chi connectivity index (χ3v) is 5.53. The third-order valence-electron chi connectivity index (χ3n) is 5.53. The van der Waals surface area contributed by atoms with Gasteiger partial charge in [0.2, 0.25) is 0 Å². The minimum Gasteiger partial charge on any atom is -0.375 e. The number of ether oxygens (including phenoxy) is 1. The summed E-state index contributed by atoms with van der Waals surface area (Å²) in [6.45, 7) is 11.6. The predicted molar refractivity (Wildman–Crippen MR) is 86.0 cm³/mol. The molecule has 1 aliphatic heterocycles. The van der Waals surface area contributed by atoms with Gasteiger partial charge in [-0.2, -0.15) is 0 Å². The normalized spacial score (nSPS) is 36.0. The van der Waals surface area contributed by atoms with Crippen molar-refractivity contribution in [3.63, 3.8) is 0 Å². The standard InChI is InChI=1S/C18H35NO/c1-5-12-19-16-9-13-20-18(14-16)10-6-7-15(8-11-18)17(2,3)4/h15-16,19H,5-14H2,1-4H3. The van der Waals surface area contributed by atoms with Gasteiger partial charge in [0, 0.05) is 12.6 Å². The molecule has 0 bridgehead atoms. The number of hydrogen-bond donors (Lipinski definition) is 1. The van der Waals surface area contributed by atoms with Gasteiger partial charge in [-0.25, -0.2) is 0 Å². The maximum absolute atomic E-state index is 6.32. The van der Waals surface area contributed by atoms with Gasteiger partial charge in [0.25, 0.3) is 0 Å². The fourth-order valence-corrected chi connectivity index (χ4v) is 4.14. The summed E-state index contributed by atoms with van der Waals surface area (Å²) in [5, 5.41) is 3.72. The molecule has 0 aromatic heterocycles. The van der Waals surface area contributed by atoms with Crippen LogP contribution >= 0.6 is 0 Å². The maximum Gasteiger partial charge on any atom is 0.0697 e. The first-order chi connectivity index (χ1) is 9.45. The molecule has 2 nitrogen and oxygen atoms in total. The molecule has 1 heterocycles. The third kappa shape index (κ3) is 4.21. The molecule has 20 heavy (non-hydrogen) atoms. The van der Waals surface area contributed by atoms with E-state index < -0.39 is 0 Å². The van der Waals surface area contributed by atoms with Crippen molar-refractivity contribution in [3.05, 3.63) is 0 Å². The van der Waals surface area contributed by atoms with Gasteiger partial charge in [-0.1, -0.05) is 34.1 Å². The second-order valence-corrected chi connectivity index (χ2v) is 8.17. The molecule has 0 radical (unpaired) electrons. The van der Waals surface area contributed by atoms with Crippen LogP contribution in [0.25, 0.3) is 0 Å². The lowest BCUT2D eigenvalue weighted by Gasteiger charge is -2.41. The Kier molecular flexibility index (Phi) is 5.53. The van der Waals surface area contributed by atoms with Gasteiger partial charge in [0.15, 0.2) is 0 Å². The van der Waals surface area contributed by atoms with E-state index in [1.807, 2.05) is 0 Å². The minimum atomic E-state index is 0.198. The van der Waals surface area contributed by atoms with Gasteiger partial charge in [0.05, 0.1) is 5.60 Å². The highest BCUT2D eigenvalue weighted by Gasteiger charge is 2.40. The van der Waals surface area contributed by atoms with Crippen molar-refractivity contribution in [1.29, 1.82) is 0 Å². The van der Waals surface area contributed by atoms with Crippen LogP contribution in [-0.4, -0.2) is 24.8 Å². The first-order valence-corrected chi connectivity index (χ1v) is 8.82. The Hall–Kier alpha value is -0.0800. The Labute approximate surface area is 126 Å². The molecule has 0 aromatic rings. The Balaban J connectivity index is 1.93. The van der Waals surface area contributed by atoms with Gasteiger partial charge in [-0.15, -0.1) is 0 Å². The molecule has 2 heteroatoms. The summed E-state index contributed by atoms with van der Waals surface area (Å²) in [5.74, 6) is 0.870. The molecule has 0 aromatic carbocycles. The summed E-state index contributed by atoms with van der Waals surface area (Å²) < 4.78 is 6.32. The largest absolute Gasteiger partial charge is 0.375 e. The lowest BCUT2D eigenvalue weighted by atomic mass is 9.76. The predicted octanol–water partition coefficient (Wildman–Crippen LogP) is 4.53. The molecule has 2 aliphatic rings. The highest BCUT2D eigenvalue weighted by molar-refractivity contribution is 4.93. The summed E-state index contributed by atoms with van der Waals surface area (Å²) in [6.07, 6.45) is 10.3. The topological polar surface area (TPSA) is 21.3 Å². The summed E-state index contributed by atoms with van der Waals surface area (Å²) in [5.41, 5.74) is 0.656. The van der Waals surface area contributed by atoms with Crippen LogP contribution in [0.1, 0.15) is 79.1 Å². The summed E-state index contributed by atoms with van der Waals surface area (Å²) in [6, 6.07) is 0.690. The van der Waals surface area contributed by atoms with E-state index in [0.29, 0.717) is 11.5 Å². The molecule has 1 spiro atoms. The summed E-state index contributed by atoms with van der Waals surface area (Å²) in [4.78, 5) is 0. The average molecular weight is 281 g/mol. The van der Waals surface area contributed by atoms with Crippen molar-refractivity contribution in [1.82, 2.24) is 5.32 Å². The van der Waals surface area contributed by atoms with Crippen LogP contribution in [0.15, 0.2) is 0 Å². The first-order valence-electron chi connectivity index (χ1n) is 8.82. The van der Waals surface area contributed by atoms with E-state index in [9.17, 15) is 0 Å². The molecule has 0 amide bonds. The van der Waals surface area contributed by atoms with Crippen molar-refractivity contribution in [3.8, 4) is 0 Å². The smallest absolute Gasteiger partial charge is 0.0697 e. The van der Waals surface area contributed by atoms with Crippen molar-refractivity contribution < 1.29 is 4.74 Å². The molecule has 118 valence electrons. The molecular weight excluding hydrogens is 246 g/mol. The quantitative estimate of drug-likeness (QED) is 0.820. The van der Waals surface area contributed by atoms with E-state index in [4.69, 9.17) is 4.74 Å². The van der Waals surface area contributed by atoms with Crippen LogP contribution in [0.2, 0.25) is 0 Å². The Morgan fingerprint density at radius 3 is 2.65 bits per heavy atom. The molecule has 1 saturated carbocycles. The van der Waals surface area contributed by atoms with Crippen molar-refractivity contribution >= 4 is 0 Å². The first kappa shape index (κ1) is 16.3. The van der Waals surface area contributed by atoms with Gasteiger partial charge in [0.1, 0.15) is 0 Å². The van der Waals surface area contributed by atoms with Crippen LogP contribution in [-0.2, 0) is 4.74 Å². The fourth-order valence-electron chi connectivity index (χ4n) is 4.14. The zero-order valence-electron chi connectivity index (χ0n) is 14.1. The SMILES string of the molecule is CCCNC1CCOC2(CCCC(C(C)(C)C)CC2)C1. The van der Waals surface area contributed by atoms with Crippen molar-refractivity contribution in [2.75, 3.05) is 13.2 Å². The summed E-state index contributed by atoms with van der Waals surface area (Å²) in [7, 11) is 0. The monoisotopic (exact) mass is 281 g/mol. The van der Waals surface area contributed by atoms with Crippen LogP contribution in [0.4, 0.5) is 0 Å². The van der Waals surface area contributed by atoms with Crippen LogP contribution < -0.4 is 5.32 Å². The number of hydrogen-bond acceptors (Lipinski definition) is 2. The lowest BCUT2D eigenvalue weighted by Crippen LogP contribution is -2.47.